The van der Waals surface area contributed by atoms with Gasteiger partial charge in [0.25, 0.3) is 5.91 Å². The van der Waals surface area contributed by atoms with Crippen LogP contribution in [0.15, 0.2) is 47.3 Å². The standard InChI is InChI=1S/C15H13N3O3/c1-21-13-5-3-2-4-10(13)14(19)18-12-7-6-9(16)8-11(12)17-15(18)20/h2-8H,16H2,1H3,(H,17,20). The van der Waals surface area contributed by atoms with Gasteiger partial charge in [-0.25, -0.2) is 9.36 Å². The molecule has 0 aliphatic carbocycles. The number of hydrogen-bond donors (Lipinski definition) is 2. The fourth-order valence-electron chi connectivity index (χ4n) is 2.27. The maximum atomic E-state index is 12.6. The number of nitrogen functional groups attached to an aromatic ring is 1. The topological polar surface area (TPSA) is 90.1 Å². The van der Waals surface area contributed by atoms with Gasteiger partial charge >= 0.3 is 5.69 Å². The van der Waals surface area contributed by atoms with Gasteiger partial charge in [-0.1, -0.05) is 12.1 Å². The summed E-state index contributed by atoms with van der Waals surface area (Å²) < 4.78 is 6.25. The number of aromatic nitrogens is 2. The number of nitrogens with one attached hydrogen (secondary N) is 1. The van der Waals surface area contributed by atoms with Crippen molar-refractivity contribution >= 4 is 22.6 Å². The van der Waals surface area contributed by atoms with Gasteiger partial charge < -0.3 is 15.5 Å². The highest BCUT2D eigenvalue weighted by molar-refractivity contribution is 6.03. The summed E-state index contributed by atoms with van der Waals surface area (Å²) in [5.41, 5.74) is 7.00. The maximum absolute atomic E-state index is 12.6. The van der Waals surface area contributed by atoms with Crippen molar-refractivity contribution in [2.24, 2.45) is 0 Å². The second kappa shape index (κ2) is 4.82. The average molecular weight is 283 g/mol. The van der Waals surface area contributed by atoms with Gasteiger partial charge in [-0.15, -0.1) is 0 Å². The summed E-state index contributed by atoms with van der Waals surface area (Å²) in [5, 5.41) is 0. The predicted octanol–water partition coefficient (Wildman–Crippen LogP) is 1.61. The van der Waals surface area contributed by atoms with Crippen LogP contribution in [-0.4, -0.2) is 22.6 Å². The first-order chi connectivity index (χ1) is 10.1. The summed E-state index contributed by atoms with van der Waals surface area (Å²) in [6, 6.07) is 11.6. The Morgan fingerprint density at radius 3 is 2.76 bits per heavy atom. The van der Waals surface area contributed by atoms with Crippen LogP contribution in [0.5, 0.6) is 5.75 Å². The van der Waals surface area contributed by atoms with Gasteiger partial charge in [0.1, 0.15) is 5.75 Å². The van der Waals surface area contributed by atoms with Crippen LogP contribution >= 0.6 is 0 Å². The average Bonchev–Trinajstić information content (AvgIpc) is 2.81. The normalized spacial score (nSPS) is 10.7. The molecular formula is C15H13N3O3. The molecule has 1 heterocycles. The number of imidazole rings is 1. The van der Waals surface area contributed by atoms with Gasteiger partial charge in [0.05, 0.1) is 23.7 Å². The van der Waals surface area contributed by atoms with Crippen molar-refractivity contribution in [1.29, 1.82) is 0 Å². The lowest BCUT2D eigenvalue weighted by Crippen LogP contribution is -2.25. The van der Waals surface area contributed by atoms with Crippen molar-refractivity contribution in [2.45, 2.75) is 0 Å². The van der Waals surface area contributed by atoms with E-state index in [2.05, 4.69) is 4.98 Å². The van der Waals surface area contributed by atoms with Crippen molar-refractivity contribution in [3.05, 3.63) is 58.5 Å². The fourth-order valence-corrected chi connectivity index (χ4v) is 2.27. The zero-order chi connectivity index (χ0) is 15.0. The molecule has 0 bridgehead atoms. The molecule has 0 saturated carbocycles. The van der Waals surface area contributed by atoms with E-state index >= 15 is 0 Å². The van der Waals surface area contributed by atoms with E-state index in [0.29, 0.717) is 28.0 Å². The summed E-state index contributed by atoms with van der Waals surface area (Å²) in [5.74, 6) is -0.0346. The molecule has 2 aromatic carbocycles. The van der Waals surface area contributed by atoms with E-state index in [9.17, 15) is 9.59 Å². The van der Waals surface area contributed by atoms with Crippen LogP contribution in [0.25, 0.3) is 11.0 Å². The van der Waals surface area contributed by atoms with Crippen molar-refractivity contribution < 1.29 is 9.53 Å². The molecule has 106 valence electrons. The monoisotopic (exact) mass is 283 g/mol. The van der Waals surface area contributed by atoms with Gasteiger partial charge in [0.15, 0.2) is 0 Å². The van der Waals surface area contributed by atoms with E-state index in [1.54, 1.807) is 42.5 Å². The molecule has 6 heteroatoms. The first-order valence-corrected chi connectivity index (χ1v) is 6.30. The number of anilines is 1. The van der Waals surface area contributed by atoms with Crippen molar-refractivity contribution in [2.75, 3.05) is 12.8 Å². The second-order valence-corrected chi connectivity index (χ2v) is 4.55. The molecule has 0 amide bonds. The maximum Gasteiger partial charge on any atom is 0.333 e. The summed E-state index contributed by atoms with van der Waals surface area (Å²) in [6.45, 7) is 0. The molecule has 21 heavy (non-hydrogen) atoms. The first kappa shape index (κ1) is 13.0. The second-order valence-electron chi connectivity index (χ2n) is 4.55. The summed E-state index contributed by atoms with van der Waals surface area (Å²) in [4.78, 5) is 27.3. The summed E-state index contributed by atoms with van der Waals surface area (Å²) in [7, 11) is 1.48. The van der Waals surface area contributed by atoms with Crippen molar-refractivity contribution in [3.63, 3.8) is 0 Å². The van der Waals surface area contributed by atoms with Crippen molar-refractivity contribution in [1.82, 2.24) is 9.55 Å². The number of carbonyl (C=O) groups excluding carboxylic acids is 1. The Balaban J connectivity index is 2.23. The molecule has 0 aliphatic heterocycles. The highest BCUT2D eigenvalue weighted by Crippen LogP contribution is 2.20. The molecule has 0 fully saturated rings. The summed E-state index contributed by atoms with van der Waals surface area (Å²) in [6.07, 6.45) is 0. The van der Waals surface area contributed by atoms with E-state index in [1.165, 1.54) is 7.11 Å². The third-order valence-electron chi connectivity index (χ3n) is 3.25. The quantitative estimate of drug-likeness (QED) is 0.699. The highest BCUT2D eigenvalue weighted by Gasteiger charge is 2.18. The minimum Gasteiger partial charge on any atom is -0.496 e. The molecule has 6 nitrogen and oxygen atoms in total. The fraction of sp³-hybridized carbons (Fsp3) is 0.0667. The van der Waals surface area contributed by atoms with Crippen LogP contribution in [0.2, 0.25) is 0 Å². The number of nitrogens with two attached hydrogens (primary N) is 1. The molecule has 3 N–H and O–H groups in total. The lowest BCUT2D eigenvalue weighted by Gasteiger charge is -2.07. The third-order valence-corrected chi connectivity index (χ3v) is 3.25. The van der Waals surface area contributed by atoms with E-state index in [1.807, 2.05) is 0 Å². The van der Waals surface area contributed by atoms with E-state index in [0.717, 1.165) is 4.57 Å². The number of ether oxygens (including phenoxy) is 1. The Morgan fingerprint density at radius 1 is 1.24 bits per heavy atom. The van der Waals surface area contributed by atoms with E-state index < -0.39 is 11.6 Å². The Morgan fingerprint density at radius 2 is 2.00 bits per heavy atom. The lowest BCUT2D eigenvalue weighted by atomic mass is 10.2. The molecule has 3 aromatic rings. The van der Waals surface area contributed by atoms with Crippen LogP contribution in [0.4, 0.5) is 5.69 Å². The van der Waals surface area contributed by atoms with Gasteiger partial charge in [-0.2, -0.15) is 0 Å². The van der Waals surface area contributed by atoms with Crippen LogP contribution < -0.4 is 16.2 Å². The van der Waals surface area contributed by atoms with E-state index in [4.69, 9.17) is 10.5 Å². The molecule has 0 radical (unpaired) electrons. The Hall–Kier alpha value is -3.02. The largest absolute Gasteiger partial charge is 0.496 e. The molecule has 0 spiro atoms. The smallest absolute Gasteiger partial charge is 0.333 e. The lowest BCUT2D eigenvalue weighted by molar-refractivity contribution is 0.0958. The number of para-hydroxylation sites is 1. The SMILES string of the molecule is COc1ccccc1C(=O)n1c(=O)[nH]c2cc(N)ccc21. The number of benzene rings is 2. The number of aromatic amines is 1. The molecule has 1 aromatic heterocycles. The van der Waals surface area contributed by atoms with Crippen molar-refractivity contribution in [3.8, 4) is 5.75 Å². The van der Waals surface area contributed by atoms with Gasteiger partial charge in [-0.05, 0) is 30.3 Å². The molecule has 3 rings (SSSR count). The van der Waals surface area contributed by atoms with Crippen LogP contribution in [0.1, 0.15) is 10.4 Å². The molecule has 0 unspecified atom stereocenters. The number of carbonyl (C=O) groups is 1. The zero-order valence-electron chi connectivity index (χ0n) is 11.3. The number of nitrogens with zero attached hydrogens (tertiary/aromatic N) is 1. The molecule has 0 aliphatic rings. The molecule has 0 saturated heterocycles. The van der Waals surface area contributed by atoms with Crippen LogP contribution in [0, 0.1) is 0 Å². The van der Waals surface area contributed by atoms with E-state index in [-0.39, 0.29) is 0 Å². The Bertz CT molecular complexity index is 893. The minimum absolute atomic E-state index is 0.319. The number of H-pyrrole nitrogens is 1. The van der Waals surface area contributed by atoms with Crippen LogP contribution in [0.3, 0.4) is 0 Å². The number of fused-ring (bicyclic) bond motifs is 1. The number of rotatable bonds is 2. The molecular weight excluding hydrogens is 270 g/mol. The highest BCUT2D eigenvalue weighted by atomic mass is 16.5. The zero-order valence-corrected chi connectivity index (χ0v) is 11.3. The Labute approximate surface area is 119 Å². The number of methoxy groups -OCH3 is 1. The third kappa shape index (κ3) is 2.06. The molecule has 0 atom stereocenters. The Kier molecular flexibility index (Phi) is 2.98. The summed E-state index contributed by atoms with van der Waals surface area (Å²) >= 11 is 0. The van der Waals surface area contributed by atoms with Gasteiger partial charge in [0, 0.05) is 5.69 Å². The minimum atomic E-state index is -0.508. The number of hydrogen-bond acceptors (Lipinski definition) is 4. The van der Waals surface area contributed by atoms with Crippen LogP contribution in [-0.2, 0) is 0 Å². The van der Waals surface area contributed by atoms with Gasteiger partial charge in [0.2, 0.25) is 0 Å². The predicted molar refractivity (Wildman–Crippen MR) is 79.7 cm³/mol. The first-order valence-electron chi connectivity index (χ1n) is 6.30. The van der Waals surface area contributed by atoms with Gasteiger partial charge in [-0.3, -0.25) is 4.79 Å².